The molecule has 1 aromatic carbocycles. The lowest BCUT2D eigenvalue weighted by molar-refractivity contribution is -0.117. The number of nitrogens with zero attached hydrogens (tertiary/aromatic N) is 2. The van der Waals surface area contributed by atoms with Gasteiger partial charge in [0.2, 0.25) is 0 Å². The number of hydrogen-bond donors (Lipinski definition) is 2. The summed E-state index contributed by atoms with van der Waals surface area (Å²) in [7, 11) is 0. The fourth-order valence-electron chi connectivity index (χ4n) is 1.87. The molecule has 0 saturated carbocycles. The first kappa shape index (κ1) is 21.5. The summed E-state index contributed by atoms with van der Waals surface area (Å²) in [5.41, 5.74) is 5.26. The molecule has 0 atom stereocenters. The molecule has 0 heterocycles. The van der Waals surface area contributed by atoms with Crippen LogP contribution in [0.3, 0.4) is 0 Å². The van der Waals surface area contributed by atoms with Crippen LogP contribution < -0.4 is 11.1 Å². The van der Waals surface area contributed by atoms with E-state index in [0.717, 1.165) is 11.1 Å². The molecule has 0 aromatic heterocycles. The van der Waals surface area contributed by atoms with Crippen molar-refractivity contribution in [1.29, 1.82) is 5.26 Å². The Hall–Kier alpha value is -2.56. The predicted octanol–water partition coefficient (Wildman–Crippen LogP) is 2.56. The normalized spacial score (nSPS) is 11.5. The van der Waals surface area contributed by atoms with Gasteiger partial charge in [-0.3, -0.25) is 9.69 Å². The van der Waals surface area contributed by atoms with Gasteiger partial charge in [-0.15, -0.1) is 0 Å². The maximum Gasteiger partial charge on any atom is 0.414 e. The van der Waals surface area contributed by atoms with Gasteiger partial charge in [0.15, 0.2) is 0 Å². The number of carbonyl (C=O) groups excluding carboxylic acids is 2. The number of nitrogens with two attached hydrogens (primary N) is 1. The van der Waals surface area contributed by atoms with E-state index in [1.165, 1.54) is 0 Å². The highest BCUT2D eigenvalue weighted by molar-refractivity contribution is 6.31. The lowest BCUT2D eigenvalue weighted by atomic mass is 10.2. The van der Waals surface area contributed by atoms with Crippen molar-refractivity contribution < 1.29 is 14.3 Å². The SMILES string of the molecule is CC(C)(C)OC(=O)N(/C=C(/C#N)C(=O)NCc1ccccc1Cl)CCN. The van der Waals surface area contributed by atoms with Crippen LogP contribution in [0.2, 0.25) is 5.02 Å². The first-order valence-electron chi connectivity index (χ1n) is 8.01. The molecule has 0 bridgehead atoms. The molecule has 3 N–H and O–H groups in total. The standard InChI is InChI=1S/C18H23ClN4O3/c1-18(2,3)26-17(25)23(9-8-20)12-14(10-21)16(24)22-11-13-6-4-5-7-15(13)19/h4-7,12H,8-9,11,20H2,1-3H3,(H,22,24)/b14-12-. The van der Waals surface area contributed by atoms with Gasteiger partial charge in [0.1, 0.15) is 17.2 Å². The van der Waals surface area contributed by atoms with Gasteiger partial charge < -0.3 is 15.8 Å². The minimum Gasteiger partial charge on any atom is -0.443 e. The molecule has 1 rings (SSSR count). The fourth-order valence-corrected chi connectivity index (χ4v) is 2.08. The van der Waals surface area contributed by atoms with Gasteiger partial charge in [-0.1, -0.05) is 29.8 Å². The molecule has 0 spiro atoms. The maximum atomic E-state index is 12.3. The molecule has 0 fully saturated rings. The number of amides is 2. The van der Waals surface area contributed by atoms with E-state index in [0.29, 0.717) is 10.6 Å². The lowest BCUT2D eigenvalue weighted by Gasteiger charge is -2.25. The smallest absolute Gasteiger partial charge is 0.414 e. The average Bonchev–Trinajstić information content (AvgIpc) is 2.56. The second-order valence-electron chi connectivity index (χ2n) is 6.39. The molecule has 1 aromatic rings. The molecule has 0 saturated heterocycles. The Bertz CT molecular complexity index is 720. The average molecular weight is 379 g/mol. The van der Waals surface area contributed by atoms with Crippen molar-refractivity contribution in [1.82, 2.24) is 10.2 Å². The highest BCUT2D eigenvalue weighted by Crippen LogP contribution is 2.15. The molecular weight excluding hydrogens is 356 g/mol. The van der Waals surface area contributed by atoms with Crippen molar-refractivity contribution in [2.45, 2.75) is 32.9 Å². The number of carbonyl (C=O) groups is 2. The van der Waals surface area contributed by atoms with Gasteiger partial charge in [-0.05, 0) is 32.4 Å². The van der Waals surface area contributed by atoms with Crippen LogP contribution in [0.4, 0.5) is 4.79 Å². The molecule has 0 radical (unpaired) electrons. The molecule has 0 aliphatic rings. The van der Waals surface area contributed by atoms with Crippen LogP contribution in [-0.2, 0) is 16.1 Å². The Morgan fingerprint density at radius 1 is 1.38 bits per heavy atom. The van der Waals surface area contributed by atoms with Crippen LogP contribution in [0.1, 0.15) is 26.3 Å². The molecule has 26 heavy (non-hydrogen) atoms. The number of hydrogen-bond acceptors (Lipinski definition) is 5. The summed E-state index contributed by atoms with van der Waals surface area (Å²) in [6.45, 7) is 5.57. The minimum atomic E-state index is -0.711. The van der Waals surface area contributed by atoms with Gasteiger partial charge in [0.05, 0.1) is 0 Å². The first-order chi connectivity index (χ1) is 12.2. The van der Waals surface area contributed by atoms with Crippen LogP contribution >= 0.6 is 11.6 Å². The Morgan fingerprint density at radius 3 is 2.58 bits per heavy atom. The van der Waals surface area contributed by atoms with E-state index in [-0.39, 0.29) is 25.2 Å². The summed E-state index contributed by atoms with van der Waals surface area (Å²) in [6, 6.07) is 8.82. The zero-order valence-electron chi connectivity index (χ0n) is 15.1. The summed E-state index contributed by atoms with van der Waals surface area (Å²) in [6.07, 6.45) is 0.456. The molecule has 2 amide bonds. The predicted molar refractivity (Wildman–Crippen MR) is 99.0 cm³/mol. The molecular formula is C18H23ClN4O3. The van der Waals surface area contributed by atoms with Crippen molar-refractivity contribution in [3.63, 3.8) is 0 Å². The van der Waals surface area contributed by atoms with E-state index >= 15 is 0 Å². The molecule has 0 unspecified atom stereocenters. The maximum absolute atomic E-state index is 12.3. The van der Waals surface area contributed by atoms with Crippen LogP contribution in [0.5, 0.6) is 0 Å². The van der Waals surface area contributed by atoms with Crippen LogP contribution in [0, 0.1) is 11.3 Å². The number of benzene rings is 1. The first-order valence-corrected chi connectivity index (χ1v) is 8.39. The second kappa shape index (κ2) is 9.80. The van der Waals surface area contributed by atoms with E-state index in [1.54, 1.807) is 51.1 Å². The van der Waals surface area contributed by atoms with Crippen LogP contribution in [0.25, 0.3) is 0 Å². The quantitative estimate of drug-likeness (QED) is 0.584. The largest absolute Gasteiger partial charge is 0.443 e. The molecule has 7 nitrogen and oxygen atoms in total. The van der Waals surface area contributed by atoms with E-state index in [2.05, 4.69) is 5.32 Å². The van der Waals surface area contributed by atoms with E-state index < -0.39 is 17.6 Å². The summed E-state index contributed by atoms with van der Waals surface area (Å²) < 4.78 is 5.25. The zero-order valence-corrected chi connectivity index (χ0v) is 15.8. The van der Waals surface area contributed by atoms with Gasteiger partial charge in [-0.2, -0.15) is 5.26 Å². The minimum absolute atomic E-state index is 0.109. The molecule has 0 aliphatic heterocycles. The van der Waals surface area contributed by atoms with Gasteiger partial charge in [-0.25, -0.2) is 4.79 Å². The number of halogens is 1. The molecule has 140 valence electrons. The number of nitriles is 1. The second-order valence-corrected chi connectivity index (χ2v) is 6.80. The summed E-state index contributed by atoms with van der Waals surface area (Å²) >= 11 is 6.04. The van der Waals surface area contributed by atoms with E-state index in [9.17, 15) is 14.9 Å². The van der Waals surface area contributed by atoms with E-state index in [1.807, 2.05) is 0 Å². The van der Waals surface area contributed by atoms with Crippen molar-refractivity contribution in [3.8, 4) is 6.07 Å². The third-order valence-corrected chi connectivity index (χ3v) is 3.41. The van der Waals surface area contributed by atoms with Crippen molar-refractivity contribution >= 4 is 23.6 Å². The van der Waals surface area contributed by atoms with E-state index in [4.69, 9.17) is 22.1 Å². The molecule has 8 heteroatoms. The topological polar surface area (TPSA) is 108 Å². The fraction of sp³-hybridized carbons (Fsp3) is 0.389. The monoisotopic (exact) mass is 378 g/mol. The zero-order chi connectivity index (χ0) is 19.7. The Kier molecular flexibility index (Phi) is 8.10. The number of nitrogens with one attached hydrogen (secondary N) is 1. The third kappa shape index (κ3) is 7.13. The van der Waals surface area contributed by atoms with Crippen molar-refractivity contribution in [2.24, 2.45) is 5.73 Å². The van der Waals surface area contributed by atoms with Gasteiger partial charge in [0, 0.05) is 30.9 Å². The van der Waals surface area contributed by atoms with Crippen LogP contribution in [-0.4, -0.2) is 35.6 Å². The summed E-state index contributed by atoms with van der Waals surface area (Å²) in [5.74, 6) is -0.627. The highest BCUT2D eigenvalue weighted by atomic mass is 35.5. The highest BCUT2D eigenvalue weighted by Gasteiger charge is 2.22. The van der Waals surface area contributed by atoms with Crippen molar-refractivity contribution in [3.05, 3.63) is 46.6 Å². The Balaban J connectivity index is 2.87. The van der Waals surface area contributed by atoms with Crippen LogP contribution in [0.15, 0.2) is 36.0 Å². The van der Waals surface area contributed by atoms with Gasteiger partial charge in [0.25, 0.3) is 5.91 Å². The molecule has 0 aliphatic carbocycles. The Morgan fingerprint density at radius 2 is 2.04 bits per heavy atom. The summed E-state index contributed by atoms with van der Waals surface area (Å²) in [4.78, 5) is 25.6. The number of rotatable bonds is 6. The third-order valence-electron chi connectivity index (χ3n) is 3.05. The lowest BCUT2D eigenvalue weighted by Crippen LogP contribution is -2.37. The Labute approximate surface area is 158 Å². The summed E-state index contributed by atoms with van der Waals surface area (Å²) in [5, 5.41) is 12.4. The number of ether oxygens (including phenoxy) is 1. The van der Waals surface area contributed by atoms with Gasteiger partial charge >= 0.3 is 6.09 Å². The van der Waals surface area contributed by atoms with Crippen molar-refractivity contribution in [2.75, 3.05) is 13.1 Å².